The van der Waals surface area contributed by atoms with Gasteiger partial charge in [-0.1, -0.05) is 31.2 Å². The van der Waals surface area contributed by atoms with Crippen molar-refractivity contribution in [3.63, 3.8) is 0 Å². The Morgan fingerprint density at radius 2 is 2.09 bits per heavy atom. The van der Waals surface area contributed by atoms with E-state index in [1.54, 1.807) is 12.4 Å². The van der Waals surface area contributed by atoms with Crippen LogP contribution in [0.2, 0.25) is 30.7 Å². The Morgan fingerprint density at radius 3 is 2.82 bits per heavy atom. The van der Waals surface area contributed by atoms with Gasteiger partial charge < -0.3 is 29.0 Å². The van der Waals surface area contributed by atoms with Gasteiger partial charge in [-0.05, 0) is 19.0 Å². The molecule has 2 N–H and O–H groups in total. The first kappa shape index (κ1) is 24.0. The van der Waals surface area contributed by atoms with Crippen LogP contribution in [-0.4, -0.2) is 64.5 Å². The summed E-state index contributed by atoms with van der Waals surface area (Å²) in [5.74, 6) is 1.04. The molecule has 0 saturated carbocycles. The lowest BCUT2D eigenvalue weighted by Crippen LogP contribution is -2.32. The molecule has 1 unspecified atom stereocenters. The third-order valence-electron chi connectivity index (χ3n) is 5.82. The summed E-state index contributed by atoms with van der Waals surface area (Å²) >= 11 is 6.47. The molecule has 0 bridgehead atoms. The van der Waals surface area contributed by atoms with E-state index in [0.717, 1.165) is 18.3 Å². The zero-order valence-electron chi connectivity index (χ0n) is 19.3. The molecule has 0 aliphatic carbocycles. The number of aromatic nitrogens is 4. The molecule has 2 aromatic heterocycles. The number of ether oxygens (including phenoxy) is 2. The highest BCUT2D eigenvalue weighted by molar-refractivity contribution is 6.76. The molecule has 9 nitrogen and oxygen atoms in total. The molecule has 0 amide bonds. The molecule has 3 heterocycles. The van der Waals surface area contributed by atoms with Crippen LogP contribution in [0.5, 0.6) is 5.75 Å². The lowest BCUT2D eigenvalue weighted by atomic mass is 9.79. The van der Waals surface area contributed by atoms with Crippen LogP contribution in [0.1, 0.15) is 18.7 Å². The maximum atomic E-state index is 9.71. The number of hydrogen-bond acceptors (Lipinski definition) is 8. The van der Waals surface area contributed by atoms with Crippen molar-refractivity contribution in [3.05, 3.63) is 35.6 Å². The molecule has 0 spiro atoms. The number of hydrogen-bond donors (Lipinski definition) is 2. The van der Waals surface area contributed by atoms with E-state index >= 15 is 0 Å². The highest BCUT2D eigenvalue weighted by Gasteiger charge is 2.30. The Balaban J connectivity index is 1.65. The van der Waals surface area contributed by atoms with Crippen molar-refractivity contribution in [2.45, 2.75) is 45.4 Å². The van der Waals surface area contributed by atoms with Crippen LogP contribution < -0.4 is 15.1 Å². The van der Waals surface area contributed by atoms with Gasteiger partial charge in [0.2, 0.25) is 0 Å². The Hall–Kier alpha value is -2.18. The molecule has 1 aromatic carbocycles. The lowest BCUT2D eigenvalue weighted by Gasteiger charge is -2.30. The zero-order valence-corrected chi connectivity index (χ0v) is 21.1. The first-order chi connectivity index (χ1) is 15.7. The predicted octanol–water partition coefficient (Wildman–Crippen LogP) is 2.43. The summed E-state index contributed by atoms with van der Waals surface area (Å²) in [7, 11) is -2.88. The molecule has 4 rings (SSSR count). The van der Waals surface area contributed by atoms with E-state index in [9.17, 15) is 10.0 Å². The normalized spacial score (nSPS) is 14.8. The standard InChI is InChI=1S/C21H29BClN5O4Si/c1-14(17-10-24-12-27(17)13-31-7-8-33(2,3)4)28-5-6-32-20-18-16(25-11-26-21(18)28)9-15(19(20)23)22(29)30/h9-12,14,29-30H,5-8,13H2,1-4H3. The average Bonchev–Trinajstić information content (AvgIpc) is 3.13. The van der Waals surface area contributed by atoms with Crippen molar-refractivity contribution < 1.29 is 19.5 Å². The minimum absolute atomic E-state index is 0.0809. The van der Waals surface area contributed by atoms with Crippen LogP contribution in [0.3, 0.4) is 0 Å². The first-order valence-corrected chi connectivity index (χ1v) is 15.1. The van der Waals surface area contributed by atoms with Crippen molar-refractivity contribution in [1.82, 2.24) is 19.5 Å². The lowest BCUT2D eigenvalue weighted by molar-refractivity contribution is 0.0846. The minimum atomic E-state index is -1.73. The topological polar surface area (TPSA) is 106 Å². The fourth-order valence-electron chi connectivity index (χ4n) is 3.93. The Morgan fingerprint density at radius 1 is 1.30 bits per heavy atom. The molecule has 33 heavy (non-hydrogen) atoms. The highest BCUT2D eigenvalue weighted by atomic mass is 35.5. The van der Waals surface area contributed by atoms with Gasteiger partial charge in [0.1, 0.15) is 25.5 Å². The van der Waals surface area contributed by atoms with E-state index in [1.807, 2.05) is 10.8 Å². The second-order valence-corrected chi connectivity index (χ2v) is 15.4. The number of rotatable bonds is 8. The molecule has 12 heteroatoms. The SMILES string of the molecule is CC(c1cncn1COCC[Si](C)(C)C)N1CCOc2c(Cl)c(B(O)O)cc3ncnc1c23. The van der Waals surface area contributed by atoms with Crippen molar-refractivity contribution in [2.75, 3.05) is 24.7 Å². The van der Waals surface area contributed by atoms with Gasteiger partial charge in [-0.3, -0.25) is 0 Å². The van der Waals surface area contributed by atoms with Gasteiger partial charge >= 0.3 is 7.12 Å². The molecule has 0 saturated heterocycles. The van der Waals surface area contributed by atoms with Crippen LogP contribution in [0.25, 0.3) is 10.9 Å². The third kappa shape index (κ3) is 5.02. The smallest absolute Gasteiger partial charge is 0.489 e. The predicted molar refractivity (Wildman–Crippen MR) is 132 cm³/mol. The molecule has 176 valence electrons. The van der Waals surface area contributed by atoms with E-state index < -0.39 is 15.2 Å². The van der Waals surface area contributed by atoms with Gasteiger partial charge in [0.15, 0.2) is 5.75 Å². The van der Waals surface area contributed by atoms with Crippen LogP contribution in [-0.2, 0) is 11.5 Å². The average molecular weight is 490 g/mol. The molecule has 0 fully saturated rings. The van der Waals surface area contributed by atoms with Gasteiger partial charge in [0.25, 0.3) is 0 Å². The first-order valence-electron chi connectivity index (χ1n) is 11.0. The Kier molecular flexibility index (Phi) is 6.96. The number of imidazole rings is 1. The summed E-state index contributed by atoms with van der Waals surface area (Å²) in [6, 6.07) is 2.59. The number of benzene rings is 1. The fourth-order valence-corrected chi connectivity index (χ4v) is 4.98. The summed E-state index contributed by atoms with van der Waals surface area (Å²) < 4.78 is 13.9. The van der Waals surface area contributed by atoms with Gasteiger partial charge in [0.05, 0.1) is 46.7 Å². The van der Waals surface area contributed by atoms with Crippen molar-refractivity contribution in [2.24, 2.45) is 0 Å². The summed E-state index contributed by atoms with van der Waals surface area (Å²) in [6.45, 7) is 11.2. The quantitative estimate of drug-likeness (QED) is 0.367. The van der Waals surface area contributed by atoms with E-state index in [-0.39, 0.29) is 16.5 Å². The van der Waals surface area contributed by atoms with Gasteiger partial charge in [-0.25, -0.2) is 15.0 Å². The van der Waals surface area contributed by atoms with E-state index in [4.69, 9.17) is 21.1 Å². The van der Waals surface area contributed by atoms with Crippen LogP contribution in [0.15, 0.2) is 24.9 Å². The van der Waals surface area contributed by atoms with Crippen LogP contribution in [0, 0.1) is 0 Å². The Labute approximate surface area is 199 Å². The van der Waals surface area contributed by atoms with Gasteiger partial charge in [0, 0.05) is 20.1 Å². The summed E-state index contributed by atoms with van der Waals surface area (Å²) in [5.41, 5.74) is 1.68. The maximum Gasteiger partial charge on any atom is 0.490 e. The molecule has 1 aliphatic rings. The Bertz CT molecular complexity index is 1140. The monoisotopic (exact) mass is 489 g/mol. The molecule has 0 radical (unpaired) electrons. The highest BCUT2D eigenvalue weighted by Crippen LogP contribution is 2.40. The van der Waals surface area contributed by atoms with E-state index in [2.05, 4.69) is 46.4 Å². The van der Waals surface area contributed by atoms with Crippen molar-refractivity contribution in [3.8, 4) is 5.75 Å². The summed E-state index contributed by atoms with van der Waals surface area (Å²) in [4.78, 5) is 15.4. The molecule has 1 aliphatic heterocycles. The second-order valence-electron chi connectivity index (χ2n) is 9.43. The summed E-state index contributed by atoms with van der Waals surface area (Å²) in [5, 5.41) is 20.2. The van der Waals surface area contributed by atoms with Crippen molar-refractivity contribution >= 4 is 49.0 Å². The molecule has 1 atom stereocenters. The van der Waals surface area contributed by atoms with Crippen LogP contribution >= 0.6 is 11.6 Å². The molecule has 3 aromatic rings. The second kappa shape index (κ2) is 9.59. The zero-order chi connectivity index (χ0) is 23.8. The van der Waals surface area contributed by atoms with Gasteiger partial charge in [-0.2, -0.15) is 0 Å². The van der Waals surface area contributed by atoms with Crippen molar-refractivity contribution in [1.29, 1.82) is 0 Å². The number of halogens is 1. The maximum absolute atomic E-state index is 9.71. The number of nitrogens with zero attached hydrogens (tertiary/aromatic N) is 5. The minimum Gasteiger partial charge on any atom is -0.489 e. The molecular weight excluding hydrogens is 461 g/mol. The molecular formula is C21H29BClN5O4Si. The van der Waals surface area contributed by atoms with E-state index in [1.165, 1.54) is 6.33 Å². The largest absolute Gasteiger partial charge is 0.490 e. The van der Waals surface area contributed by atoms with Crippen LogP contribution in [0.4, 0.5) is 5.82 Å². The summed E-state index contributed by atoms with van der Waals surface area (Å²) in [6.07, 6.45) is 5.09. The number of anilines is 1. The van der Waals surface area contributed by atoms with E-state index in [0.29, 0.717) is 42.4 Å². The third-order valence-corrected chi connectivity index (χ3v) is 7.92. The fraction of sp³-hybridized carbons (Fsp3) is 0.476. The van der Waals surface area contributed by atoms with Gasteiger partial charge in [-0.15, -0.1) is 0 Å².